The number of nitrogens with one attached hydrogen (secondary N) is 2. The molecule has 2 aromatic carbocycles. The number of ether oxygens (including phenoxy) is 2. The van der Waals surface area contributed by atoms with Gasteiger partial charge in [-0.3, -0.25) is 29.8 Å². The highest BCUT2D eigenvalue weighted by molar-refractivity contribution is 9.10. The molecule has 0 atom stereocenters. The molecule has 0 spiro atoms. The molecule has 0 aliphatic heterocycles. The van der Waals surface area contributed by atoms with Gasteiger partial charge in [0.05, 0.1) is 22.3 Å². The minimum atomic E-state index is -0.699. The van der Waals surface area contributed by atoms with Gasteiger partial charge in [-0.05, 0) is 24.3 Å². The molecule has 2 N–H and O–H groups in total. The summed E-state index contributed by atoms with van der Waals surface area (Å²) in [6, 6.07) is 8.20. The van der Waals surface area contributed by atoms with Crippen molar-refractivity contribution in [2.75, 3.05) is 13.2 Å². The van der Waals surface area contributed by atoms with Gasteiger partial charge in [0.25, 0.3) is 11.8 Å². The summed E-state index contributed by atoms with van der Waals surface area (Å²) >= 11 is 6.22. The third-order valence-corrected chi connectivity index (χ3v) is 4.53. The van der Waals surface area contributed by atoms with Crippen molar-refractivity contribution in [2.24, 2.45) is 10.2 Å². The first-order valence-electron chi connectivity index (χ1n) is 8.93. The van der Waals surface area contributed by atoms with Crippen molar-refractivity contribution in [3.05, 3.63) is 65.6 Å². The third kappa shape index (κ3) is 8.55. The van der Waals surface area contributed by atoms with E-state index in [1.165, 1.54) is 36.4 Å². The van der Waals surface area contributed by atoms with Gasteiger partial charge < -0.3 is 9.47 Å². The van der Waals surface area contributed by atoms with E-state index >= 15 is 0 Å². The van der Waals surface area contributed by atoms with Gasteiger partial charge in [0, 0.05) is 21.1 Å². The lowest BCUT2D eigenvalue weighted by molar-refractivity contribution is -0.386. The first kappa shape index (κ1) is 26.3. The maximum atomic E-state index is 11.7. The van der Waals surface area contributed by atoms with E-state index in [9.17, 15) is 29.8 Å². The van der Waals surface area contributed by atoms with E-state index in [0.717, 1.165) is 12.4 Å². The lowest BCUT2D eigenvalue weighted by Crippen LogP contribution is -2.25. The summed E-state index contributed by atoms with van der Waals surface area (Å²) in [6.07, 6.45) is 2.08. The van der Waals surface area contributed by atoms with E-state index in [1.807, 2.05) is 0 Å². The SMILES string of the molecule is O=C(COc1ccc(Br)cc1[N+](=O)[O-])N/N=C/C=N/NC(=O)COc1ccc(Br)cc1[N+](=O)[O-]. The highest BCUT2D eigenvalue weighted by Crippen LogP contribution is 2.30. The number of carbonyl (C=O) groups excluding carboxylic acids is 2. The topological polar surface area (TPSA) is 188 Å². The van der Waals surface area contributed by atoms with Gasteiger partial charge in [0.2, 0.25) is 0 Å². The van der Waals surface area contributed by atoms with Crippen LogP contribution in [0.2, 0.25) is 0 Å². The van der Waals surface area contributed by atoms with Gasteiger partial charge in [-0.15, -0.1) is 0 Å². The van der Waals surface area contributed by atoms with E-state index in [4.69, 9.17) is 9.47 Å². The Labute approximate surface area is 207 Å². The minimum absolute atomic E-state index is 0.0905. The maximum Gasteiger partial charge on any atom is 0.312 e. The fraction of sp³-hybridized carbons (Fsp3) is 0.111. The summed E-state index contributed by atoms with van der Waals surface area (Å²) in [4.78, 5) is 44.1. The molecule has 2 amide bonds. The van der Waals surface area contributed by atoms with Crippen LogP contribution in [0.4, 0.5) is 11.4 Å². The quantitative estimate of drug-likeness (QED) is 0.223. The summed E-state index contributed by atoms with van der Waals surface area (Å²) in [6.45, 7) is -1.07. The molecule has 0 aromatic heterocycles. The smallest absolute Gasteiger partial charge is 0.312 e. The Morgan fingerprint density at radius 1 is 0.824 bits per heavy atom. The van der Waals surface area contributed by atoms with Gasteiger partial charge in [0.1, 0.15) is 0 Å². The lowest BCUT2D eigenvalue weighted by Gasteiger charge is -2.06. The Morgan fingerprint density at radius 3 is 1.56 bits per heavy atom. The second-order valence-corrected chi connectivity index (χ2v) is 7.77. The molecule has 0 heterocycles. The zero-order chi connectivity index (χ0) is 25.1. The van der Waals surface area contributed by atoms with Crippen molar-refractivity contribution in [3.8, 4) is 11.5 Å². The lowest BCUT2D eigenvalue weighted by atomic mass is 10.3. The highest BCUT2D eigenvalue weighted by atomic mass is 79.9. The molecule has 16 heteroatoms. The first-order valence-corrected chi connectivity index (χ1v) is 10.5. The molecular formula is C18H14Br2N6O8. The second-order valence-electron chi connectivity index (χ2n) is 5.94. The van der Waals surface area contributed by atoms with Gasteiger partial charge in [-0.1, -0.05) is 31.9 Å². The second kappa shape index (κ2) is 12.9. The number of hydrogen-bond acceptors (Lipinski definition) is 10. The van der Waals surface area contributed by atoms with E-state index in [2.05, 4.69) is 52.9 Å². The van der Waals surface area contributed by atoms with Crippen LogP contribution in [-0.4, -0.2) is 47.3 Å². The molecule has 2 aromatic rings. The van der Waals surface area contributed by atoms with Gasteiger partial charge >= 0.3 is 11.4 Å². The Kier molecular flexibility index (Phi) is 10.0. The van der Waals surface area contributed by atoms with E-state index in [-0.39, 0.29) is 22.9 Å². The molecule has 0 saturated heterocycles. The zero-order valence-corrected chi connectivity index (χ0v) is 20.0. The predicted octanol–water partition coefficient (Wildman–Crippen LogP) is 2.69. The summed E-state index contributed by atoms with van der Waals surface area (Å²) in [5, 5.41) is 29.1. The Bertz CT molecular complexity index is 1070. The van der Waals surface area contributed by atoms with Crippen molar-refractivity contribution in [2.45, 2.75) is 0 Å². The predicted molar refractivity (Wildman–Crippen MR) is 126 cm³/mol. The Morgan fingerprint density at radius 2 is 1.21 bits per heavy atom. The van der Waals surface area contributed by atoms with Crippen molar-refractivity contribution in [3.63, 3.8) is 0 Å². The number of nitro benzene ring substituents is 2. The Hall–Kier alpha value is -3.92. The number of amides is 2. The average molecular weight is 602 g/mol. The molecule has 0 bridgehead atoms. The molecule has 178 valence electrons. The van der Waals surface area contributed by atoms with Gasteiger partial charge in [-0.25, -0.2) is 10.9 Å². The molecule has 14 nitrogen and oxygen atoms in total. The molecular weight excluding hydrogens is 588 g/mol. The van der Waals surface area contributed by atoms with Crippen LogP contribution in [0, 0.1) is 20.2 Å². The molecule has 0 saturated carbocycles. The summed E-state index contributed by atoms with van der Waals surface area (Å²) in [5.74, 6) is -1.58. The van der Waals surface area contributed by atoms with Crippen molar-refractivity contribution >= 4 is 67.5 Å². The third-order valence-electron chi connectivity index (χ3n) is 3.55. The van der Waals surface area contributed by atoms with Gasteiger partial charge in [0.15, 0.2) is 24.7 Å². The van der Waals surface area contributed by atoms with Crippen LogP contribution >= 0.6 is 31.9 Å². The number of rotatable bonds is 11. The molecule has 0 unspecified atom stereocenters. The van der Waals surface area contributed by atoms with Crippen LogP contribution in [0.15, 0.2) is 55.5 Å². The molecule has 0 radical (unpaired) electrons. The number of carbonyl (C=O) groups is 2. The molecule has 0 aliphatic rings. The number of halogens is 2. The standard InChI is InChI=1S/C18H14Br2N6O8/c19-11-1-3-15(13(7-11)25(29)30)33-9-17(27)23-21-5-6-22-24-18(28)10-34-16-4-2-12(20)8-14(16)26(31)32/h1-8H,9-10H2,(H,23,27)(H,24,28)/b21-5+,22-6+. The number of benzene rings is 2. The van der Waals surface area contributed by atoms with E-state index in [1.54, 1.807) is 0 Å². The molecule has 0 aliphatic carbocycles. The largest absolute Gasteiger partial charge is 0.477 e. The van der Waals surface area contributed by atoms with Crippen LogP contribution < -0.4 is 20.3 Å². The van der Waals surface area contributed by atoms with Crippen LogP contribution in [0.5, 0.6) is 11.5 Å². The van der Waals surface area contributed by atoms with Crippen LogP contribution in [0.3, 0.4) is 0 Å². The summed E-state index contributed by atoms with van der Waals surface area (Å²) < 4.78 is 11.2. The average Bonchev–Trinajstić information content (AvgIpc) is 2.79. The van der Waals surface area contributed by atoms with Gasteiger partial charge in [-0.2, -0.15) is 10.2 Å². The molecule has 34 heavy (non-hydrogen) atoms. The number of hydrazone groups is 2. The van der Waals surface area contributed by atoms with Crippen molar-refractivity contribution in [1.82, 2.24) is 10.9 Å². The van der Waals surface area contributed by atoms with E-state index < -0.39 is 34.9 Å². The fourth-order valence-electron chi connectivity index (χ4n) is 2.15. The number of nitrogens with zero attached hydrogens (tertiary/aromatic N) is 4. The highest BCUT2D eigenvalue weighted by Gasteiger charge is 2.17. The van der Waals surface area contributed by atoms with Crippen molar-refractivity contribution < 1.29 is 28.9 Å². The zero-order valence-electron chi connectivity index (χ0n) is 16.8. The number of nitro groups is 2. The molecule has 0 fully saturated rings. The van der Waals surface area contributed by atoms with Crippen LogP contribution in [0.25, 0.3) is 0 Å². The van der Waals surface area contributed by atoms with Crippen LogP contribution in [-0.2, 0) is 9.59 Å². The van der Waals surface area contributed by atoms with Crippen LogP contribution in [0.1, 0.15) is 0 Å². The summed E-state index contributed by atoms with van der Waals surface area (Å²) in [7, 11) is 0. The molecule has 2 rings (SSSR count). The fourth-order valence-corrected chi connectivity index (χ4v) is 2.84. The number of hydrogen-bond donors (Lipinski definition) is 2. The normalized spacial score (nSPS) is 10.8. The Balaban J connectivity index is 1.73. The monoisotopic (exact) mass is 600 g/mol. The van der Waals surface area contributed by atoms with E-state index in [0.29, 0.717) is 8.95 Å². The minimum Gasteiger partial charge on any atom is -0.477 e. The first-order chi connectivity index (χ1) is 16.2. The van der Waals surface area contributed by atoms with Crippen molar-refractivity contribution in [1.29, 1.82) is 0 Å². The summed E-state index contributed by atoms with van der Waals surface area (Å²) in [5.41, 5.74) is 3.57. The maximum absolute atomic E-state index is 11.7.